The molecule has 0 aliphatic rings. The number of rotatable bonds is 6. The van der Waals surface area contributed by atoms with Crippen molar-refractivity contribution in [3.63, 3.8) is 0 Å². The summed E-state index contributed by atoms with van der Waals surface area (Å²) in [6, 6.07) is 13.3. The smallest absolute Gasteiger partial charge is 0.224 e. The second-order valence-corrected chi connectivity index (χ2v) is 6.15. The molecule has 3 aromatic heterocycles. The number of nitroso groups, excluding NO2 is 1. The van der Waals surface area contributed by atoms with Gasteiger partial charge in [0.15, 0.2) is 5.69 Å². The Morgan fingerprint density at radius 3 is 2.85 bits per heavy atom. The normalized spacial score (nSPS) is 11.1. The SMILES string of the molecule is N#CCCCn1c(Cn2c(O)c(N=O)c3cccnc32)nc2ccccc21. The van der Waals surface area contributed by atoms with E-state index in [-0.39, 0.29) is 18.1 Å². The summed E-state index contributed by atoms with van der Waals surface area (Å²) in [6.07, 6.45) is 2.74. The molecular formula is C19H16N6O2. The number of aromatic nitrogens is 4. The Bertz CT molecular complexity index is 1180. The fourth-order valence-electron chi connectivity index (χ4n) is 3.34. The molecule has 4 rings (SSSR count). The summed E-state index contributed by atoms with van der Waals surface area (Å²) in [6.45, 7) is 0.867. The van der Waals surface area contributed by atoms with Gasteiger partial charge in [-0.3, -0.25) is 4.57 Å². The third-order valence-electron chi connectivity index (χ3n) is 4.56. The molecule has 0 saturated carbocycles. The zero-order valence-electron chi connectivity index (χ0n) is 14.4. The number of benzene rings is 1. The maximum absolute atomic E-state index is 11.2. The van der Waals surface area contributed by atoms with Gasteiger partial charge in [-0.25, -0.2) is 9.97 Å². The molecule has 0 saturated heterocycles. The first-order valence-electron chi connectivity index (χ1n) is 8.55. The highest BCUT2D eigenvalue weighted by molar-refractivity contribution is 5.92. The maximum Gasteiger partial charge on any atom is 0.224 e. The summed E-state index contributed by atoms with van der Waals surface area (Å²) in [5, 5.41) is 22.8. The molecule has 0 amide bonds. The van der Waals surface area contributed by atoms with Crippen molar-refractivity contribution in [3.8, 4) is 11.9 Å². The lowest BCUT2D eigenvalue weighted by Crippen LogP contribution is -2.09. The van der Waals surface area contributed by atoms with E-state index in [2.05, 4.69) is 21.2 Å². The van der Waals surface area contributed by atoms with Crippen LogP contribution in [0.5, 0.6) is 5.88 Å². The van der Waals surface area contributed by atoms with Crippen LogP contribution in [0.3, 0.4) is 0 Å². The summed E-state index contributed by atoms with van der Waals surface area (Å²) < 4.78 is 3.57. The summed E-state index contributed by atoms with van der Waals surface area (Å²) >= 11 is 0. The van der Waals surface area contributed by atoms with Gasteiger partial charge in [0.2, 0.25) is 5.88 Å². The van der Waals surface area contributed by atoms with Gasteiger partial charge in [0.05, 0.1) is 29.0 Å². The number of para-hydroxylation sites is 2. The van der Waals surface area contributed by atoms with Crippen LogP contribution < -0.4 is 0 Å². The van der Waals surface area contributed by atoms with Gasteiger partial charge in [0.25, 0.3) is 0 Å². The summed E-state index contributed by atoms with van der Waals surface area (Å²) in [5.41, 5.74) is 2.25. The molecule has 0 atom stereocenters. The van der Waals surface area contributed by atoms with E-state index in [1.54, 1.807) is 18.3 Å². The van der Waals surface area contributed by atoms with Crippen molar-refractivity contribution in [1.82, 2.24) is 19.1 Å². The molecular weight excluding hydrogens is 344 g/mol. The van der Waals surface area contributed by atoms with Crippen LogP contribution in [-0.4, -0.2) is 24.2 Å². The molecule has 0 radical (unpaired) electrons. The van der Waals surface area contributed by atoms with E-state index in [4.69, 9.17) is 5.26 Å². The fraction of sp³-hybridized carbons (Fsp3) is 0.211. The van der Waals surface area contributed by atoms with E-state index in [0.29, 0.717) is 36.2 Å². The maximum atomic E-state index is 11.2. The van der Waals surface area contributed by atoms with Crippen LogP contribution in [0.2, 0.25) is 0 Å². The molecule has 4 aromatic rings. The van der Waals surface area contributed by atoms with Crippen molar-refractivity contribution in [2.75, 3.05) is 0 Å². The van der Waals surface area contributed by atoms with Gasteiger partial charge in [-0.2, -0.15) is 5.26 Å². The predicted octanol–water partition coefficient (Wildman–Crippen LogP) is 3.84. The van der Waals surface area contributed by atoms with Crippen molar-refractivity contribution >= 4 is 27.8 Å². The number of nitrogens with zero attached hydrogens (tertiary/aromatic N) is 6. The highest BCUT2D eigenvalue weighted by atomic mass is 16.3. The number of aromatic hydroxyl groups is 1. The first kappa shape index (κ1) is 16.7. The van der Waals surface area contributed by atoms with Gasteiger partial charge in [-0.15, -0.1) is 4.91 Å². The van der Waals surface area contributed by atoms with Gasteiger partial charge in [-0.1, -0.05) is 12.1 Å². The van der Waals surface area contributed by atoms with Crippen LogP contribution >= 0.6 is 0 Å². The third-order valence-corrected chi connectivity index (χ3v) is 4.56. The molecule has 0 aliphatic heterocycles. The average molecular weight is 360 g/mol. The minimum atomic E-state index is -0.227. The molecule has 8 heteroatoms. The largest absolute Gasteiger partial charge is 0.493 e. The topological polar surface area (TPSA) is 109 Å². The molecule has 1 N–H and O–H groups in total. The minimum absolute atomic E-state index is 0.0229. The second kappa shape index (κ2) is 6.88. The van der Waals surface area contributed by atoms with Crippen molar-refractivity contribution in [2.24, 2.45) is 5.18 Å². The van der Waals surface area contributed by atoms with E-state index in [1.165, 1.54) is 4.57 Å². The highest BCUT2D eigenvalue weighted by Gasteiger charge is 2.20. The summed E-state index contributed by atoms with van der Waals surface area (Å²) in [7, 11) is 0. The number of fused-ring (bicyclic) bond motifs is 2. The molecule has 0 bridgehead atoms. The minimum Gasteiger partial charge on any atom is -0.493 e. The Labute approximate surface area is 154 Å². The Balaban J connectivity index is 1.84. The van der Waals surface area contributed by atoms with Gasteiger partial charge in [0, 0.05) is 19.2 Å². The van der Waals surface area contributed by atoms with Gasteiger partial charge >= 0.3 is 0 Å². The number of unbranched alkanes of at least 4 members (excludes halogenated alkanes) is 1. The van der Waals surface area contributed by atoms with Crippen LogP contribution in [0.4, 0.5) is 5.69 Å². The zero-order chi connectivity index (χ0) is 18.8. The third kappa shape index (κ3) is 2.79. The van der Waals surface area contributed by atoms with Crippen molar-refractivity contribution in [1.29, 1.82) is 5.26 Å². The molecule has 134 valence electrons. The quantitative estimate of drug-likeness (QED) is 0.415. The van der Waals surface area contributed by atoms with Gasteiger partial charge in [0.1, 0.15) is 11.5 Å². The number of nitriles is 1. The first-order valence-corrected chi connectivity index (χ1v) is 8.55. The van der Waals surface area contributed by atoms with Crippen molar-refractivity contribution in [3.05, 3.63) is 53.3 Å². The number of pyridine rings is 1. The summed E-state index contributed by atoms with van der Waals surface area (Å²) in [4.78, 5) is 20.2. The molecule has 3 heterocycles. The lowest BCUT2D eigenvalue weighted by molar-refractivity contribution is 0.425. The lowest BCUT2D eigenvalue weighted by Gasteiger charge is -2.10. The Morgan fingerprint density at radius 1 is 1.19 bits per heavy atom. The van der Waals surface area contributed by atoms with E-state index in [1.807, 2.05) is 28.8 Å². The monoisotopic (exact) mass is 360 g/mol. The van der Waals surface area contributed by atoms with Crippen LogP contribution in [0, 0.1) is 16.2 Å². The van der Waals surface area contributed by atoms with E-state index < -0.39 is 0 Å². The molecule has 27 heavy (non-hydrogen) atoms. The van der Waals surface area contributed by atoms with Crippen LogP contribution in [0.15, 0.2) is 47.8 Å². The van der Waals surface area contributed by atoms with Crippen LogP contribution in [-0.2, 0) is 13.1 Å². The highest BCUT2D eigenvalue weighted by Crippen LogP contribution is 2.37. The molecule has 0 spiro atoms. The molecule has 0 unspecified atom stereocenters. The standard InChI is InChI=1S/C19H16N6O2/c20-9-3-4-11-24-15-8-2-1-7-14(15)22-16(24)12-25-18-13(6-5-10-21-18)17(23-27)19(25)26/h1-2,5-8,10,26H,3-4,11-12H2. The van der Waals surface area contributed by atoms with E-state index in [0.717, 1.165) is 11.0 Å². The fourth-order valence-corrected chi connectivity index (χ4v) is 3.34. The number of imidazole rings is 1. The number of hydrogen-bond acceptors (Lipinski definition) is 6. The molecule has 8 nitrogen and oxygen atoms in total. The first-order chi connectivity index (χ1) is 13.2. The Hall–Kier alpha value is -3.73. The Morgan fingerprint density at radius 2 is 2.04 bits per heavy atom. The van der Waals surface area contributed by atoms with Crippen molar-refractivity contribution in [2.45, 2.75) is 25.9 Å². The lowest BCUT2D eigenvalue weighted by atomic mass is 10.3. The average Bonchev–Trinajstić information content (AvgIpc) is 3.17. The van der Waals surface area contributed by atoms with Crippen LogP contribution in [0.25, 0.3) is 22.1 Å². The second-order valence-electron chi connectivity index (χ2n) is 6.15. The molecule has 0 fully saturated rings. The Kier molecular flexibility index (Phi) is 4.26. The van der Waals surface area contributed by atoms with Crippen LogP contribution in [0.1, 0.15) is 18.7 Å². The number of aryl methyl sites for hydroxylation is 1. The molecule has 1 aromatic carbocycles. The predicted molar refractivity (Wildman–Crippen MR) is 101 cm³/mol. The summed E-state index contributed by atoms with van der Waals surface area (Å²) in [5.74, 6) is 0.485. The van der Waals surface area contributed by atoms with E-state index >= 15 is 0 Å². The van der Waals surface area contributed by atoms with E-state index in [9.17, 15) is 10.0 Å². The van der Waals surface area contributed by atoms with Gasteiger partial charge < -0.3 is 9.67 Å². The van der Waals surface area contributed by atoms with Crippen molar-refractivity contribution < 1.29 is 5.11 Å². The van der Waals surface area contributed by atoms with Gasteiger partial charge in [-0.05, 0) is 35.9 Å². The zero-order valence-corrected chi connectivity index (χ0v) is 14.4. The number of hydrogen-bond donors (Lipinski definition) is 1. The molecule has 0 aliphatic carbocycles.